The molecular weight excluding hydrogens is 150 g/mol. The molecule has 0 spiro atoms. The first-order chi connectivity index (χ1) is 5.86. The van der Waals surface area contributed by atoms with Crippen LogP contribution in [-0.2, 0) is 4.79 Å². The zero-order chi connectivity index (χ0) is 8.39. The normalized spacial score (nSPS) is 23.2. The standard InChI is InChI=1S/C10H13NO/c12-10-6-7-11(8-10)9-4-2-1-3-5-9/h4,6-7H,1-3,5,8H2. The molecule has 0 N–H and O–H groups in total. The number of rotatable bonds is 1. The number of carbonyl (C=O) groups is 1. The van der Waals surface area contributed by atoms with Gasteiger partial charge in [-0.15, -0.1) is 0 Å². The maximum atomic E-state index is 10.9. The minimum atomic E-state index is 0.224. The summed E-state index contributed by atoms with van der Waals surface area (Å²) in [5, 5.41) is 0. The average molecular weight is 163 g/mol. The summed E-state index contributed by atoms with van der Waals surface area (Å²) in [7, 11) is 0. The van der Waals surface area contributed by atoms with Gasteiger partial charge in [0.15, 0.2) is 5.78 Å². The molecule has 2 aliphatic rings. The van der Waals surface area contributed by atoms with E-state index < -0.39 is 0 Å². The van der Waals surface area contributed by atoms with Crippen molar-refractivity contribution in [3.8, 4) is 0 Å². The Bertz CT molecular complexity index is 253. The molecule has 0 radical (unpaired) electrons. The molecule has 0 saturated heterocycles. The molecule has 1 aliphatic carbocycles. The number of ketones is 1. The van der Waals surface area contributed by atoms with Gasteiger partial charge in [-0.2, -0.15) is 0 Å². The quantitative estimate of drug-likeness (QED) is 0.588. The van der Waals surface area contributed by atoms with E-state index in [1.54, 1.807) is 6.08 Å². The molecular formula is C10H13NO. The summed E-state index contributed by atoms with van der Waals surface area (Å²) in [5.41, 5.74) is 1.34. The van der Waals surface area contributed by atoms with Gasteiger partial charge in [0.25, 0.3) is 0 Å². The molecule has 0 unspecified atom stereocenters. The van der Waals surface area contributed by atoms with Crippen LogP contribution in [0.15, 0.2) is 24.0 Å². The van der Waals surface area contributed by atoms with Gasteiger partial charge in [0.1, 0.15) is 0 Å². The van der Waals surface area contributed by atoms with Crippen LogP contribution in [0.25, 0.3) is 0 Å². The molecule has 2 rings (SSSR count). The van der Waals surface area contributed by atoms with E-state index in [0.29, 0.717) is 6.54 Å². The van der Waals surface area contributed by atoms with Crippen LogP contribution >= 0.6 is 0 Å². The van der Waals surface area contributed by atoms with E-state index in [1.165, 1.54) is 25.0 Å². The van der Waals surface area contributed by atoms with Crippen LogP contribution in [0.4, 0.5) is 0 Å². The van der Waals surface area contributed by atoms with Crippen molar-refractivity contribution in [3.05, 3.63) is 24.0 Å². The molecule has 2 heteroatoms. The first-order valence-corrected chi connectivity index (χ1v) is 4.53. The predicted molar refractivity (Wildman–Crippen MR) is 47.4 cm³/mol. The average Bonchev–Trinajstić information content (AvgIpc) is 2.54. The number of carbonyl (C=O) groups excluding carboxylic acids is 1. The molecule has 12 heavy (non-hydrogen) atoms. The monoisotopic (exact) mass is 163 g/mol. The molecule has 2 nitrogen and oxygen atoms in total. The summed E-state index contributed by atoms with van der Waals surface area (Å²) < 4.78 is 0. The minimum Gasteiger partial charge on any atom is -0.344 e. The maximum Gasteiger partial charge on any atom is 0.176 e. The molecule has 1 heterocycles. The van der Waals surface area contributed by atoms with E-state index in [4.69, 9.17) is 0 Å². The number of hydrogen-bond donors (Lipinski definition) is 0. The van der Waals surface area contributed by atoms with Gasteiger partial charge >= 0.3 is 0 Å². The molecule has 64 valence electrons. The Morgan fingerprint density at radius 3 is 2.83 bits per heavy atom. The van der Waals surface area contributed by atoms with Gasteiger partial charge in [-0.25, -0.2) is 0 Å². The molecule has 0 aromatic carbocycles. The van der Waals surface area contributed by atoms with Gasteiger partial charge in [-0.1, -0.05) is 6.08 Å². The molecule has 0 aromatic rings. The van der Waals surface area contributed by atoms with E-state index in [9.17, 15) is 4.79 Å². The van der Waals surface area contributed by atoms with Crippen LogP contribution in [0.5, 0.6) is 0 Å². The Hall–Kier alpha value is -1.05. The highest BCUT2D eigenvalue weighted by Crippen LogP contribution is 2.22. The smallest absolute Gasteiger partial charge is 0.176 e. The third kappa shape index (κ3) is 1.42. The maximum absolute atomic E-state index is 10.9. The van der Waals surface area contributed by atoms with Crippen molar-refractivity contribution in [1.82, 2.24) is 4.90 Å². The minimum absolute atomic E-state index is 0.224. The summed E-state index contributed by atoms with van der Waals surface area (Å²) >= 11 is 0. The predicted octanol–water partition coefficient (Wildman–Crippen LogP) is 1.84. The van der Waals surface area contributed by atoms with Gasteiger partial charge in [0.05, 0.1) is 6.54 Å². The third-order valence-electron chi connectivity index (χ3n) is 2.40. The summed E-state index contributed by atoms with van der Waals surface area (Å²) in [6.45, 7) is 0.561. The van der Waals surface area contributed by atoms with Gasteiger partial charge in [-0.05, 0) is 31.8 Å². The van der Waals surface area contributed by atoms with Gasteiger partial charge in [0.2, 0.25) is 0 Å². The number of nitrogens with zero attached hydrogens (tertiary/aromatic N) is 1. The Labute approximate surface area is 72.6 Å². The number of allylic oxidation sites excluding steroid dienone is 2. The van der Waals surface area contributed by atoms with Crippen molar-refractivity contribution in [2.24, 2.45) is 0 Å². The van der Waals surface area contributed by atoms with E-state index >= 15 is 0 Å². The van der Waals surface area contributed by atoms with Crippen molar-refractivity contribution < 1.29 is 4.79 Å². The van der Waals surface area contributed by atoms with Crippen LogP contribution in [0.2, 0.25) is 0 Å². The van der Waals surface area contributed by atoms with E-state index in [1.807, 2.05) is 6.20 Å². The number of hydrogen-bond acceptors (Lipinski definition) is 2. The Kier molecular flexibility index (Phi) is 1.98. The second-order valence-electron chi connectivity index (χ2n) is 3.35. The molecule has 0 amide bonds. The SMILES string of the molecule is O=C1C=CN(C2=CCCCC2)C1. The van der Waals surface area contributed by atoms with Crippen molar-refractivity contribution >= 4 is 5.78 Å². The second kappa shape index (κ2) is 3.13. The summed E-state index contributed by atoms with van der Waals surface area (Å²) in [4.78, 5) is 13.0. The Balaban J connectivity index is 2.05. The Morgan fingerprint density at radius 2 is 2.25 bits per heavy atom. The lowest BCUT2D eigenvalue weighted by atomic mass is 10.0. The second-order valence-corrected chi connectivity index (χ2v) is 3.35. The van der Waals surface area contributed by atoms with Crippen LogP contribution in [0.1, 0.15) is 25.7 Å². The zero-order valence-electron chi connectivity index (χ0n) is 7.12. The van der Waals surface area contributed by atoms with Crippen LogP contribution in [-0.4, -0.2) is 17.2 Å². The van der Waals surface area contributed by atoms with Crippen molar-refractivity contribution in [2.45, 2.75) is 25.7 Å². The molecule has 0 saturated carbocycles. The van der Waals surface area contributed by atoms with Crippen molar-refractivity contribution in [3.63, 3.8) is 0 Å². The zero-order valence-corrected chi connectivity index (χ0v) is 7.12. The highest BCUT2D eigenvalue weighted by molar-refractivity contribution is 5.93. The molecule has 0 aromatic heterocycles. The lowest BCUT2D eigenvalue weighted by Crippen LogP contribution is -2.18. The summed E-state index contributed by atoms with van der Waals surface area (Å²) in [5.74, 6) is 0.224. The fraction of sp³-hybridized carbons (Fsp3) is 0.500. The molecule has 0 atom stereocenters. The summed E-state index contributed by atoms with van der Waals surface area (Å²) in [6, 6.07) is 0. The lowest BCUT2D eigenvalue weighted by Gasteiger charge is -2.21. The van der Waals surface area contributed by atoms with Crippen LogP contribution in [0, 0.1) is 0 Å². The third-order valence-corrected chi connectivity index (χ3v) is 2.40. The fourth-order valence-electron chi connectivity index (χ4n) is 1.73. The van der Waals surface area contributed by atoms with Crippen molar-refractivity contribution in [2.75, 3.05) is 6.54 Å². The highest BCUT2D eigenvalue weighted by Gasteiger charge is 2.16. The highest BCUT2D eigenvalue weighted by atomic mass is 16.1. The first-order valence-electron chi connectivity index (χ1n) is 4.53. The Morgan fingerprint density at radius 1 is 1.33 bits per heavy atom. The first kappa shape index (κ1) is 7.59. The fourth-order valence-corrected chi connectivity index (χ4v) is 1.73. The molecule has 1 aliphatic heterocycles. The lowest BCUT2D eigenvalue weighted by molar-refractivity contribution is -0.114. The van der Waals surface area contributed by atoms with Crippen molar-refractivity contribution in [1.29, 1.82) is 0 Å². The van der Waals surface area contributed by atoms with Gasteiger partial charge in [-0.3, -0.25) is 4.79 Å². The summed E-state index contributed by atoms with van der Waals surface area (Å²) in [6.07, 6.45) is 10.7. The van der Waals surface area contributed by atoms with Gasteiger partial charge < -0.3 is 4.90 Å². The topological polar surface area (TPSA) is 20.3 Å². The van der Waals surface area contributed by atoms with Crippen LogP contribution in [0.3, 0.4) is 0 Å². The van der Waals surface area contributed by atoms with Crippen LogP contribution < -0.4 is 0 Å². The molecule has 0 bridgehead atoms. The largest absolute Gasteiger partial charge is 0.344 e. The van der Waals surface area contributed by atoms with E-state index in [0.717, 1.165) is 6.42 Å². The van der Waals surface area contributed by atoms with E-state index in [-0.39, 0.29) is 5.78 Å². The van der Waals surface area contributed by atoms with Gasteiger partial charge in [0, 0.05) is 11.9 Å². The molecule has 0 fully saturated rings. The van der Waals surface area contributed by atoms with E-state index in [2.05, 4.69) is 11.0 Å².